The topological polar surface area (TPSA) is 91.4 Å². The van der Waals surface area contributed by atoms with E-state index in [4.69, 9.17) is 0 Å². The standard InChI is InChI=1S/C21H25FN4O3S/c1-26-11-8-18(25-30(2,28)29)20(26)21(27)24-19-15-5-3-4-14(15)17(22)12-16(19)13-6-9-23-10-7-13/h6-7,9-10,12,18,20,25H,3-5,8,11H2,1-2H3,(H,24,27). The molecule has 1 fully saturated rings. The first-order valence-corrected chi connectivity index (χ1v) is 11.9. The molecule has 1 amide bonds. The lowest BCUT2D eigenvalue weighted by Crippen LogP contribution is -2.50. The maximum absolute atomic E-state index is 14.8. The molecule has 1 aliphatic heterocycles. The van der Waals surface area contributed by atoms with Crippen LogP contribution in [0.4, 0.5) is 10.1 Å². The number of hydrogen-bond donors (Lipinski definition) is 2. The molecule has 2 aromatic rings. The molecule has 2 aliphatic rings. The second kappa shape index (κ2) is 8.05. The van der Waals surface area contributed by atoms with Gasteiger partial charge in [0, 0.05) is 30.5 Å². The summed E-state index contributed by atoms with van der Waals surface area (Å²) in [6.45, 7) is 0.601. The number of rotatable bonds is 5. The van der Waals surface area contributed by atoms with Crippen LogP contribution in [0.25, 0.3) is 11.1 Å². The van der Waals surface area contributed by atoms with E-state index in [9.17, 15) is 17.6 Å². The number of hydrogen-bond acceptors (Lipinski definition) is 5. The molecule has 0 radical (unpaired) electrons. The monoisotopic (exact) mass is 432 g/mol. The predicted molar refractivity (Wildman–Crippen MR) is 113 cm³/mol. The zero-order valence-corrected chi connectivity index (χ0v) is 17.8. The Morgan fingerprint density at radius 2 is 1.93 bits per heavy atom. The number of pyridine rings is 1. The molecule has 30 heavy (non-hydrogen) atoms. The number of fused-ring (bicyclic) bond motifs is 1. The Balaban J connectivity index is 1.72. The van der Waals surface area contributed by atoms with Crippen molar-refractivity contribution in [3.8, 4) is 11.1 Å². The van der Waals surface area contributed by atoms with E-state index in [0.717, 1.165) is 23.8 Å². The number of benzene rings is 1. The fraction of sp³-hybridized carbons (Fsp3) is 0.429. The van der Waals surface area contributed by atoms with Crippen LogP contribution in [0.5, 0.6) is 0 Å². The Kier molecular flexibility index (Phi) is 5.61. The number of sulfonamides is 1. The van der Waals surface area contributed by atoms with Crippen molar-refractivity contribution in [3.63, 3.8) is 0 Å². The van der Waals surface area contributed by atoms with Crippen LogP contribution in [-0.4, -0.2) is 56.1 Å². The van der Waals surface area contributed by atoms with Gasteiger partial charge in [-0.3, -0.25) is 14.7 Å². The van der Waals surface area contributed by atoms with Gasteiger partial charge in [0.25, 0.3) is 0 Å². The zero-order valence-electron chi connectivity index (χ0n) is 17.0. The van der Waals surface area contributed by atoms with Crippen molar-refractivity contribution in [2.45, 2.75) is 37.8 Å². The quantitative estimate of drug-likeness (QED) is 0.754. The molecule has 2 unspecified atom stereocenters. The lowest BCUT2D eigenvalue weighted by molar-refractivity contribution is -0.120. The van der Waals surface area contributed by atoms with Gasteiger partial charge in [-0.15, -0.1) is 0 Å². The molecule has 9 heteroatoms. The molecule has 2 heterocycles. The van der Waals surface area contributed by atoms with E-state index in [-0.39, 0.29) is 11.7 Å². The van der Waals surface area contributed by atoms with E-state index in [1.54, 1.807) is 31.6 Å². The number of likely N-dealkylation sites (N-methyl/N-ethyl adjacent to an activating group) is 1. The average Bonchev–Trinajstić information content (AvgIpc) is 3.31. The van der Waals surface area contributed by atoms with Gasteiger partial charge in [-0.1, -0.05) is 0 Å². The van der Waals surface area contributed by atoms with Crippen LogP contribution in [-0.2, 0) is 27.7 Å². The molecule has 1 saturated heterocycles. The lowest BCUT2D eigenvalue weighted by atomic mass is 9.96. The summed E-state index contributed by atoms with van der Waals surface area (Å²) in [7, 11) is -1.65. The second-order valence-corrected chi connectivity index (χ2v) is 9.81. The number of halogens is 1. The normalized spacial score (nSPS) is 21.6. The largest absolute Gasteiger partial charge is 0.324 e. The van der Waals surface area contributed by atoms with Gasteiger partial charge in [0.05, 0.1) is 11.9 Å². The van der Waals surface area contributed by atoms with Gasteiger partial charge in [0.1, 0.15) is 11.9 Å². The van der Waals surface area contributed by atoms with E-state index < -0.39 is 22.1 Å². The molecule has 160 valence electrons. The van der Waals surface area contributed by atoms with Crippen molar-refractivity contribution in [2.75, 3.05) is 25.2 Å². The van der Waals surface area contributed by atoms with Crippen molar-refractivity contribution >= 4 is 21.6 Å². The summed E-state index contributed by atoms with van der Waals surface area (Å²) in [5, 5.41) is 3.02. The van der Waals surface area contributed by atoms with Crippen molar-refractivity contribution < 1.29 is 17.6 Å². The highest BCUT2D eigenvalue weighted by atomic mass is 32.2. The lowest BCUT2D eigenvalue weighted by Gasteiger charge is -2.26. The van der Waals surface area contributed by atoms with Gasteiger partial charge in [0.2, 0.25) is 15.9 Å². The van der Waals surface area contributed by atoms with Gasteiger partial charge in [0.15, 0.2) is 0 Å². The summed E-state index contributed by atoms with van der Waals surface area (Å²) >= 11 is 0. The summed E-state index contributed by atoms with van der Waals surface area (Å²) in [5.74, 6) is -0.561. The molecule has 0 spiro atoms. The molecule has 7 nitrogen and oxygen atoms in total. The number of nitrogens with one attached hydrogen (secondary N) is 2. The van der Waals surface area contributed by atoms with Gasteiger partial charge in [-0.25, -0.2) is 17.5 Å². The number of carbonyl (C=O) groups excluding carboxylic acids is 1. The van der Waals surface area contributed by atoms with Crippen LogP contribution in [0.3, 0.4) is 0 Å². The Hall–Kier alpha value is -2.36. The van der Waals surface area contributed by atoms with Crippen molar-refractivity contribution in [2.24, 2.45) is 0 Å². The maximum atomic E-state index is 14.8. The Morgan fingerprint density at radius 1 is 1.23 bits per heavy atom. The second-order valence-electron chi connectivity index (χ2n) is 8.03. The fourth-order valence-corrected chi connectivity index (χ4v) is 5.36. The van der Waals surface area contributed by atoms with Crippen LogP contribution < -0.4 is 10.0 Å². The molecule has 2 N–H and O–H groups in total. The van der Waals surface area contributed by atoms with E-state index in [1.807, 2.05) is 4.90 Å². The number of anilines is 1. The van der Waals surface area contributed by atoms with E-state index in [1.165, 1.54) is 6.07 Å². The Morgan fingerprint density at radius 3 is 2.63 bits per heavy atom. The minimum absolute atomic E-state index is 0.262. The van der Waals surface area contributed by atoms with Gasteiger partial charge >= 0.3 is 0 Å². The highest BCUT2D eigenvalue weighted by molar-refractivity contribution is 7.88. The van der Waals surface area contributed by atoms with Crippen LogP contribution in [0.15, 0.2) is 30.6 Å². The Bertz CT molecular complexity index is 1080. The number of amides is 1. The summed E-state index contributed by atoms with van der Waals surface area (Å²) < 4.78 is 40.8. The molecule has 0 saturated carbocycles. The summed E-state index contributed by atoms with van der Waals surface area (Å²) in [5.41, 5.74) is 3.45. The molecular formula is C21H25FN4O3S. The number of nitrogens with zero attached hydrogens (tertiary/aromatic N) is 2. The van der Waals surface area contributed by atoms with E-state index in [0.29, 0.717) is 42.6 Å². The molecule has 2 atom stereocenters. The van der Waals surface area contributed by atoms with Crippen molar-refractivity contribution in [1.29, 1.82) is 0 Å². The van der Waals surface area contributed by atoms with Crippen LogP contribution >= 0.6 is 0 Å². The van der Waals surface area contributed by atoms with Crippen molar-refractivity contribution in [3.05, 3.63) is 47.5 Å². The molecule has 1 aromatic heterocycles. The third-order valence-electron chi connectivity index (χ3n) is 5.87. The van der Waals surface area contributed by atoms with Gasteiger partial charge < -0.3 is 5.32 Å². The first-order valence-electron chi connectivity index (χ1n) is 9.97. The molecule has 4 rings (SSSR count). The molecular weight excluding hydrogens is 407 g/mol. The SMILES string of the molecule is CN1CCC(NS(C)(=O)=O)C1C(=O)Nc1c(-c2ccncc2)cc(F)c2c1CCC2. The summed E-state index contributed by atoms with van der Waals surface area (Å²) in [6, 6.07) is 3.87. The van der Waals surface area contributed by atoms with E-state index >= 15 is 0 Å². The van der Waals surface area contributed by atoms with Crippen molar-refractivity contribution in [1.82, 2.24) is 14.6 Å². The maximum Gasteiger partial charge on any atom is 0.243 e. The molecule has 0 bridgehead atoms. The molecule has 1 aliphatic carbocycles. The highest BCUT2D eigenvalue weighted by Gasteiger charge is 2.39. The third kappa shape index (κ3) is 4.10. The van der Waals surface area contributed by atoms with E-state index in [2.05, 4.69) is 15.0 Å². The first kappa shape index (κ1) is 20.9. The number of likely N-dealkylation sites (tertiary alicyclic amines) is 1. The summed E-state index contributed by atoms with van der Waals surface area (Å²) in [6.07, 6.45) is 7.05. The number of carbonyl (C=O) groups is 1. The average molecular weight is 433 g/mol. The summed E-state index contributed by atoms with van der Waals surface area (Å²) in [4.78, 5) is 19.2. The first-order chi connectivity index (χ1) is 14.2. The zero-order chi connectivity index (χ0) is 21.5. The molecule has 1 aromatic carbocycles. The van der Waals surface area contributed by atoms with Gasteiger partial charge in [-0.2, -0.15) is 0 Å². The third-order valence-corrected chi connectivity index (χ3v) is 6.60. The Labute approximate surface area is 175 Å². The smallest absolute Gasteiger partial charge is 0.243 e. The predicted octanol–water partition coefficient (Wildman–Crippen LogP) is 1.94. The van der Waals surface area contributed by atoms with Crippen LogP contribution in [0, 0.1) is 5.82 Å². The van der Waals surface area contributed by atoms with Crippen LogP contribution in [0.1, 0.15) is 24.0 Å². The minimum atomic E-state index is -3.45. The number of aromatic nitrogens is 1. The minimum Gasteiger partial charge on any atom is -0.324 e. The van der Waals surface area contributed by atoms with Crippen LogP contribution in [0.2, 0.25) is 0 Å². The highest BCUT2D eigenvalue weighted by Crippen LogP contribution is 2.39. The fourth-order valence-electron chi connectivity index (χ4n) is 4.56. The van der Waals surface area contributed by atoms with Gasteiger partial charge in [-0.05, 0) is 67.6 Å².